The molecular weight excluding hydrogens is 300 g/mol. The molecule has 0 spiro atoms. The van der Waals surface area contributed by atoms with Gasteiger partial charge in [-0.1, -0.05) is 22.9 Å². The van der Waals surface area contributed by atoms with E-state index in [4.69, 9.17) is 17.3 Å². The number of nitrogens with two attached hydrogens (primary N) is 1. The van der Waals surface area contributed by atoms with E-state index in [2.05, 4.69) is 10.4 Å². The summed E-state index contributed by atoms with van der Waals surface area (Å²) in [6.07, 6.45) is 1.39. The molecule has 6 nitrogen and oxygen atoms in total. The zero-order valence-electron chi connectivity index (χ0n) is 10.5. The molecule has 0 saturated carbocycles. The molecule has 2 rings (SSSR count). The number of hydrogen-bond acceptors (Lipinski definition) is 5. The summed E-state index contributed by atoms with van der Waals surface area (Å²) in [4.78, 5) is 25.9. The number of carbonyl (C=O) groups is 2. The number of halogens is 1. The zero-order valence-corrected chi connectivity index (χ0v) is 12.1. The van der Waals surface area contributed by atoms with Gasteiger partial charge >= 0.3 is 0 Å². The number of rotatable bonds is 7. The molecule has 3 N–H and O–H groups in total. The average molecular weight is 313 g/mol. The van der Waals surface area contributed by atoms with Gasteiger partial charge in [0, 0.05) is 18.0 Å². The van der Waals surface area contributed by atoms with Gasteiger partial charge in [0.2, 0.25) is 17.4 Å². The van der Waals surface area contributed by atoms with Crippen molar-refractivity contribution in [1.29, 1.82) is 0 Å². The number of hydrazine groups is 1. The normalized spacial score (nSPS) is 10.4. The van der Waals surface area contributed by atoms with Crippen LogP contribution in [0.15, 0.2) is 18.2 Å². The lowest BCUT2D eigenvalue weighted by molar-refractivity contribution is -0.120. The standard InChI is InChI=1S/C12H13ClN4O2S/c13-8-3-4-9-10(6-8)20-12(15-9)16-17(7-18)5-1-2-11(14)19/h3-4,6-7H,1-2,5H2,(H2,14,19)(H,15,16). The fourth-order valence-corrected chi connectivity index (χ4v) is 2.78. The van der Waals surface area contributed by atoms with Crippen LogP contribution in [-0.4, -0.2) is 28.9 Å². The first-order valence-electron chi connectivity index (χ1n) is 5.91. The van der Waals surface area contributed by atoms with Crippen molar-refractivity contribution >= 4 is 50.6 Å². The summed E-state index contributed by atoms with van der Waals surface area (Å²) in [5.41, 5.74) is 8.75. The molecule has 0 radical (unpaired) electrons. The van der Waals surface area contributed by atoms with E-state index in [1.54, 1.807) is 6.07 Å². The number of fused-ring (bicyclic) bond motifs is 1. The molecule has 2 aromatic rings. The first-order valence-corrected chi connectivity index (χ1v) is 7.11. The predicted octanol–water partition coefficient (Wildman–Crippen LogP) is 2.00. The molecule has 20 heavy (non-hydrogen) atoms. The van der Waals surface area contributed by atoms with Gasteiger partial charge in [0.25, 0.3) is 0 Å². The van der Waals surface area contributed by atoms with Crippen LogP contribution in [0.25, 0.3) is 10.2 Å². The van der Waals surface area contributed by atoms with Crippen molar-refractivity contribution in [3.8, 4) is 0 Å². The minimum absolute atomic E-state index is 0.238. The SMILES string of the molecule is NC(=O)CCCN(C=O)Nc1nc2ccc(Cl)cc2s1. The van der Waals surface area contributed by atoms with Gasteiger partial charge < -0.3 is 5.73 Å². The minimum atomic E-state index is -0.384. The Morgan fingerprint density at radius 3 is 3.05 bits per heavy atom. The second-order valence-electron chi connectivity index (χ2n) is 4.11. The second-order valence-corrected chi connectivity index (χ2v) is 5.58. The number of aromatic nitrogens is 1. The second kappa shape index (κ2) is 6.53. The number of amides is 2. The number of thiazole rings is 1. The molecule has 0 saturated heterocycles. The summed E-state index contributed by atoms with van der Waals surface area (Å²) < 4.78 is 0.933. The third-order valence-electron chi connectivity index (χ3n) is 2.54. The Kier molecular flexibility index (Phi) is 4.75. The Hall–Kier alpha value is -1.86. The fourth-order valence-electron chi connectivity index (χ4n) is 1.63. The summed E-state index contributed by atoms with van der Waals surface area (Å²) in [6.45, 7) is 0.378. The topological polar surface area (TPSA) is 88.3 Å². The van der Waals surface area contributed by atoms with Crippen molar-refractivity contribution in [1.82, 2.24) is 9.99 Å². The van der Waals surface area contributed by atoms with Crippen molar-refractivity contribution in [2.45, 2.75) is 12.8 Å². The van der Waals surface area contributed by atoms with Gasteiger partial charge in [0.15, 0.2) is 0 Å². The van der Waals surface area contributed by atoms with Crippen LogP contribution in [0.1, 0.15) is 12.8 Å². The van der Waals surface area contributed by atoms with Gasteiger partial charge in [-0.25, -0.2) is 4.98 Å². The lowest BCUT2D eigenvalue weighted by Crippen LogP contribution is -2.30. The van der Waals surface area contributed by atoms with Crippen LogP contribution in [0.3, 0.4) is 0 Å². The van der Waals surface area contributed by atoms with Crippen molar-refractivity contribution in [2.24, 2.45) is 5.73 Å². The Bertz CT molecular complexity index is 631. The van der Waals surface area contributed by atoms with Crippen LogP contribution >= 0.6 is 22.9 Å². The van der Waals surface area contributed by atoms with Crippen LogP contribution < -0.4 is 11.2 Å². The minimum Gasteiger partial charge on any atom is -0.370 e. The summed E-state index contributed by atoms with van der Waals surface area (Å²) >= 11 is 7.30. The molecule has 0 aliphatic carbocycles. The number of anilines is 1. The molecule has 1 aromatic carbocycles. The first-order chi connectivity index (χ1) is 9.58. The van der Waals surface area contributed by atoms with E-state index >= 15 is 0 Å². The number of primary amides is 1. The maximum atomic E-state index is 11.0. The van der Waals surface area contributed by atoms with Crippen LogP contribution in [-0.2, 0) is 9.59 Å². The Morgan fingerprint density at radius 1 is 1.55 bits per heavy atom. The van der Waals surface area contributed by atoms with E-state index in [-0.39, 0.29) is 12.3 Å². The highest BCUT2D eigenvalue weighted by Crippen LogP contribution is 2.28. The quantitative estimate of drug-likeness (QED) is 0.604. The van der Waals surface area contributed by atoms with E-state index in [1.165, 1.54) is 16.3 Å². The molecule has 8 heteroatoms. The van der Waals surface area contributed by atoms with E-state index in [1.807, 2.05) is 12.1 Å². The third kappa shape index (κ3) is 3.82. The van der Waals surface area contributed by atoms with E-state index in [0.717, 1.165) is 10.2 Å². The molecule has 2 amide bonds. The Balaban J connectivity index is 2.01. The highest BCUT2D eigenvalue weighted by molar-refractivity contribution is 7.22. The monoisotopic (exact) mass is 312 g/mol. The van der Waals surface area contributed by atoms with Gasteiger partial charge in [-0.2, -0.15) is 0 Å². The maximum Gasteiger partial charge on any atom is 0.228 e. The molecule has 0 aliphatic rings. The molecule has 0 aliphatic heterocycles. The van der Waals surface area contributed by atoms with Crippen molar-refractivity contribution in [3.63, 3.8) is 0 Å². The summed E-state index contributed by atoms with van der Waals surface area (Å²) in [5, 5.41) is 2.57. The average Bonchev–Trinajstić information content (AvgIpc) is 2.78. The number of nitrogens with one attached hydrogen (secondary N) is 1. The van der Waals surface area contributed by atoms with Crippen LogP contribution in [0, 0.1) is 0 Å². The smallest absolute Gasteiger partial charge is 0.228 e. The predicted molar refractivity (Wildman–Crippen MR) is 79.5 cm³/mol. The summed E-state index contributed by atoms with van der Waals surface area (Å²) in [5.74, 6) is -0.384. The highest BCUT2D eigenvalue weighted by Gasteiger charge is 2.08. The first kappa shape index (κ1) is 14.5. The molecule has 0 fully saturated rings. The van der Waals surface area contributed by atoms with Crippen molar-refractivity contribution in [2.75, 3.05) is 12.0 Å². The molecule has 0 bridgehead atoms. The number of nitrogens with zero attached hydrogens (tertiary/aromatic N) is 2. The van der Waals surface area contributed by atoms with Gasteiger partial charge in [0.1, 0.15) is 0 Å². The fraction of sp³-hybridized carbons (Fsp3) is 0.250. The largest absolute Gasteiger partial charge is 0.370 e. The van der Waals surface area contributed by atoms with Gasteiger partial charge in [-0.3, -0.25) is 20.0 Å². The molecule has 1 heterocycles. The zero-order chi connectivity index (χ0) is 14.5. The number of carbonyl (C=O) groups excluding carboxylic acids is 2. The Labute approximate surface area is 124 Å². The van der Waals surface area contributed by atoms with E-state index < -0.39 is 0 Å². The molecule has 0 unspecified atom stereocenters. The summed E-state index contributed by atoms with van der Waals surface area (Å²) in [6, 6.07) is 5.40. The molecular formula is C12H13ClN4O2S. The van der Waals surface area contributed by atoms with Crippen LogP contribution in [0.4, 0.5) is 5.13 Å². The third-order valence-corrected chi connectivity index (χ3v) is 3.70. The molecule has 1 aromatic heterocycles. The number of hydrogen-bond donors (Lipinski definition) is 2. The highest BCUT2D eigenvalue weighted by atomic mass is 35.5. The molecule has 106 valence electrons. The van der Waals surface area contributed by atoms with Gasteiger partial charge in [-0.15, -0.1) is 0 Å². The van der Waals surface area contributed by atoms with Crippen molar-refractivity contribution < 1.29 is 9.59 Å². The van der Waals surface area contributed by atoms with E-state index in [9.17, 15) is 9.59 Å². The van der Waals surface area contributed by atoms with Crippen molar-refractivity contribution in [3.05, 3.63) is 23.2 Å². The maximum absolute atomic E-state index is 11.0. The summed E-state index contributed by atoms with van der Waals surface area (Å²) in [7, 11) is 0. The van der Waals surface area contributed by atoms with Gasteiger partial charge in [-0.05, 0) is 24.6 Å². The number of benzene rings is 1. The Morgan fingerprint density at radius 2 is 2.35 bits per heavy atom. The lowest BCUT2D eigenvalue weighted by Gasteiger charge is -2.16. The lowest BCUT2D eigenvalue weighted by atomic mass is 10.3. The molecule has 0 atom stereocenters. The van der Waals surface area contributed by atoms with Crippen LogP contribution in [0.2, 0.25) is 5.02 Å². The van der Waals surface area contributed by atoms with E-state index in [0.29, 0.717) is 29.5 Å². The van der Waals surface area contributed by atoms with Gasteiger partial charge in [0.05, 0.1) is 10.2 Å². The van der Waals surface area contributed by atoms with Crippen LogP contribution in [0.5, 0.6) is 0 Å².